The Bertz CT molecular complexity index is 3220. The maximum absolute atomic E-state index is 5.64. The van der Waals surface area contributed by atoms with E-state index in [1.807, 2.05) is 12.1 Å². The molecule has 2 heterocycles. The first-order chi connectivity index (χ1) is 30.5. The van der Waals surface area contributed by atoms with Gasteiger partial charge >= 0.3 is 0 Å². The Kier molecular flexibility index (Phi) is 9.95. The van der Waals surface area contributed by atoms with E-state index in [2.05, 4.69) is 228 Å². The van der Waals surface area contributed by atoms with E-state index < -0.39 is 0 Å². The molecule has 0 amide bonds. The Morgan fingerprint density at radius 2 is 0.730 bits per heavy atom. The fraction of sp³-hybridized carbons (Fsp3) is 0.136. The Balaban J connectivity index is 1.08. The van der Waals surface area contributed by atoms with Gasteiger partial charge in [0.2, 0.25) is 0 Å². The van der Waals surface area contributed by atoms with Crippen molar-refractivity contribution in [3.05, 3.63) is 205 Å². The van der Waals surface area contributed by atoms with Gasteiger partial charge in [-0.05, 0) is 68.5 Å². The van der Waals surface area contributed by atoms with E-state index in [0.717, 1.165) is 95.0 Å². The first-order valence-corrected chi connectivity index (χ1v) is 21.9. The van der Waals surface area contributed by atoms with Crippen molar-refractivity contribution in [3.8, 4) is 73.0 Å². The van der Waals surface area contributed by atoms with Crippen LogP contribution in [0.2, 0.25) is 0 Å². The smallest absolute Gasteiger partial charge is 0.145 e. The van der Waals surface area contributed by atoms with Crippen molar-refractivity contribution in [2.75, 3.05) is 0 Å². The first kappa shape index (κ1) is 39.7. The van der Waals surface area contributed by atoms with Gasteiger partial charge in [-0.1, -0.05) is 211 Å². The molecule has 63 heavy (non-hydrogen) atoms. The second-order valence-corrected chi connectivity index (χ2v) is 18.5. The van der Waals surface area contributed by atoms with E-state index in [0.29, 0.717) is 0 Å². The van der Waals surface area contributed by atoms with E-state index in [1.54, 1.807) is 0 Å². The van der Waals surface area contributed by atoms with E-state index >= 15 is 0 Å². The number of fused-ring (bicyclic) bond motifs is 2. The summed E-state index contributed by atoms with van der Waals surface area (Å²) in [6.07, 6.45) is 0. The third kappa shape index (κ3) is 7.63. The molecular weight excluding hydrogens is 765 g/mol. The minimum absolute atomic E-state index is 0.0519. The summed E-state index contributed by atoms with van der Waals surface area (Å²) in [6.45, 7) is 13.5. The maximum Gasteiger partial charge on any atom is 0.145 e. The molecule has 0 aliphatic heterocycles. The van der Waals surface area contributed by atoms with Gasteiger partial charge in [-0.2, -0.15) is 0 Å². The van der Waals surface area contributed by atoms with Gasteiger partial charge in [-0.25, -0.2) is 15.0 Å². The lowest BCUT2D eigenvalue weighted by Gasteiger charge is -2.20. The molecule has 0 aliphatic rings. The van der Waals surface area contributed by atoms with Gasteiger partial charge < -0.3 is 0 Å². The number of aromatic nitrogens is 4. The summed E-state index contributed by atoms with van der Waals surface area (Å²) < 4.78 is 2.24. The Morgan fingerprint density at radius 1 is 0.333 bits per heavy atom. The molecule has 306 valence electrons. The lowest BCUT2D eigenvalue weighted by Crippen LogP contribution is -2.10. The zero-order valence-corrected chi connectivity index (χ0v) is 36.8. The fourth-order valence-corrected chi connectivity index (χ4v) is 8.59. The number of nitrogens with zero attached hydrogens (tertiary/aromatic N) is 4. The van der Waals surface area contributed by atoms with E-state index in [9.17, 15) is 0 Å². The molecule has 4 heteroatoms. The molecule has 0 N–H and O–H groups in total. The summed E-state index contributed by atoms with van der Waals surface area (Å²) in [4.78, 5) is 16.3. The summed E-state index contributed by atoms with van der Waals surface area (Å²) in [6, 6.07) is 69.1. The molecular formula is C59H50N4. The molecule has 2 aromatic heterocycles. The predicted molar refractivity (Wildman–Crippen MR) is 264 cm³/mol. The topological polar surface area (TPSA) is 43.6 Å². The van der Waals surface area contributed by atoms with Crippen LogP contribution in [-0.2, 0) is 10.8 Å². The van der Waals surface area contributed by atoms with Crippen LogP contribution in [0.25, 0.3) is 95.0 Å². The Labute approximate surface area is 370 Å². The summed E-state index contributed by atoms with van der Waals surface area (Å²) in [7, 11) is 0. The van der Waals surface area contributed by atoms with Crippen LogP contribution in [0.15, 0.2) is 194 Å². The van der Waals surface area contributed by atoms with Crippen LogP contribution in [-0.4, -0.2) is 19.5 Å². The highest BCUT2D eigenvalue weighted by atomic mass is 15.1. The predicted octanol–water partition coefficient (Wildman–Crippen LogP) is 15.6. The molecule has 0 aliphatic carbocycles. The normalized spacial score (nSPS) is 12.0. The molecule has 10 aromatic rings. The molecule has 10 rings (SSSR count). The number of rotatable bonds is 7. The van der Waals surface area contributed by atoms with Gasteiger partial charge in [0.05, 0.1) is 33.5 Å². The molecule has 0 spiro atoms. The highest BCUT2D eigenvalue weighted by Gasteiger charge is 2.21. The molecule has 4 nitrogen and oxygen atoms in total. The second-order valence-electron chi connectivity index (χ2n) is 18.5. The number of hydrogen-bond donors (Lipinski definition) is 0. The van der Waals surface area contributed by atoms with Crippen LogP contribution >= 0.6 is 0 Å². The lowest BCUT2D eigenvalue weighted by atomic mass is 9.85. The number of benzene rings is 8. The minimum Gasteiger partial charge on any atom is -0.292 e. The quantitative estimate of drug-likeness (QED) is 0.161. The fourth-order valence-electron chi connectivity index (χ4n) is 8.59. The van der Waals surface area contributed by atoms with Gasteiger partial charge in [0.25, 0.3) is 0 Å². The summed E-state index contributed by atoms with van der Waals surface area (Å²) in [5, 5.41) is 0. The Morgan fingerprint density at radius 3 is 1.22 bits per heavy atom. The van der Waals surface area contributed by atoms with Crippen molar-refractivity contribution >= 4 is 22.1 Å². The zero-order chi connectivity index (χ0) is 43.3. The van der Waals surface area contributed by atoms with Crippen LogP contribution in [0.1, 0.15) is 52.7 Å². The third-order valence-electron chi connectivity index (χ3n) is 12.2. The highest BCUT2D eigenvalue weighted by Crippen LogP contribution is 2.40. The molecule has 0 radical (unpaired) electrons. The lowest BCUT2D eigenvalue weighted by molar-refractivity contribution is 0.590. The van der Waals surface area contributed by atoms with Crippen molar-refractivity contribution in [1.29, 1.82) is 0 Å². The first-order valence-electron chi connectivity index (χ1n) is 21.9. The van der Waals surface area contributed by atoms with Gasteiger partial charge in [0, 0.05) is 33.5 Å². The molecule has 0 saturated carbocycles. The molecule has 0 bridgehead atoms. The number of hydrogen-bond acceptors (Lipinski definition) is 3. The van der Waals surface area contributed by atoms with E-state index in [1.165, 1.54) is 11.1 Å². The average Bonchev–Trinajstić information content (AvgIpc) is 3.71. The number of para-hydroxylation sites is 3. The molecule has 8 aromatic carbocycles. The summed E-state index contributed by atoms with van der Waals surface area (Å²) in [5.41, 5.74) is 19.0. The SMILES string of the molecule is CC(C)(C)c1ccc(-c2ccc(-c3ccc(C(C)(C)C)cc3)c3nc(-c4ccc(-c5ccc(-c6nc7ccccc7n6-c6ccccc6)cc5)cc4)c(-c4ccccc4)nc23)cc1. The van der Waals surface area contributed by atoms with E-state index in [4.69, 9.17) is 15.0 Å². The third-order valence-corrected chi connectivity index (χ3v) is 12.2. The van der Waals surface area contributed by atoms with Crippen LogP contribution in [0.3, 0.4) is 0 Å². The van der Waals surface area contributed by atoms with Crippen LogP contribution in [0.4, 0.5) is 0 Å². The summed E-state index contributed by atoms with van der Waals surface area (Å²) >= 11 is 0. The van der Waals surface area contributed by atoms with E-state index in [-0.39, 0.29) is 10.8 Å². The van der Waals surface area contributed by atoms with Gasteiger partial charge in [-0.3, -0.25) is 4.57 Å². The van der Waals surface area contributed by atoms with Gasteiger partial charge in [0.15, 0.2) is 0 Å². The standard InChI is InChI=1S/C59H50N4/c1-58(2,3)46-33-29-41(30-34-46)49-37-38-50(42-31-35-47(36-32-42)59(4,5)6)56-55(49)61-53(43-15-9-7-10-16-43)54(62-56)44-25-21-39(22-26-44)40-23-27-45(28-24-40)57-60-51-19-13-14-20-52(51)63(57)48-17-11-8-12-18-48/h7-38H,1-6H3. The number of imidazole rings is 1. The van der Waals surface area contributed by atoms with Crippen LogP contribution < -0.4 is 0 Å². The highest BCUT2D eigenvalue weighted by molar-refractivity contribution is 6.03. The Hall–Kier alpha value is -7.43. The maximum atomic E-state index is 5.64. The summed E-state index contributed by atoms with van der Waals surface area (Å²) in [5.74, 6) is 0.919. The van der Waals surface area contributed by atoms with Crippen molar-refractivity contribution in [2.45, 2.75) is 52.4 Å². The minimum atomic E-state index is 0.0519. The average molecular weight is 815 g/mol. The van der Waals surface area contributed by atoms with Gasteiger partial charge in [-0.15, -0.1) is 0 Å². The molecule has 0 fully saturated rings. The second kappa shape index (κ2) is 15.8. The molecule has 0 unspecified atom stereocenters. The largest absolute Gasteiger partial charge is 0.292 e. The zero-order valence-electron chi connectivity index (χ0n) is 36.8. The van der Waals surface area contributed by atoms with Crippen molar-refractivity contribution in [3.63, 3.8) is 0 Å². The van der Waals surface area contributed by atoms with Crippen molar-refractivity contribution in [1.82, 2.24) is 19.5 Å². The molecule has 0 atom stereocenters. The van der Waals surface area contributed by atoms with Crippen molar-refractivity contribution in [2.24, 2.45) is 0 Å². The van der Waals surface area contributed by atoms with Crippen molar-refractivity contribution < 1.29 is 0 Å². The monoisotopic (exact) mass is 814 g/mol. The van der Waals surface area contributed by atoms with Crippen LogP contribution in [0.5, 0.6) is 0 Å². The molecule has 0 saturated heterocycles. The van der Waals surface area contributed by atoms with Gasteiger partial charge in [0.1, 0.15) is 5.82 Å². The van der Waals surface area contributed by atoms with Crippen LogP contribution in [0, 0.1) is 0 Å².